The van der Waals surface area contributed by atoms with Crippen molar-refractivity contribution in [3.05, 3.63) is 0 Å². The summed E-state index contributed by atoms with van der Waals surface area (Å²) in [6.07, 6.45) is -1.56. The summed E-state index contributed by atoms with van der Waals surface area (Å²) in [5, 5.41) is 19.0. The first-order valence-corrected chi connectivity index (χ1v) is 3.90. The van der Waals surface area contributed by atoms with Gasteiger partial charge in [0.05, 0.1) is 12.7 Å². The molecule has 1 heterocycles. The average molecular weight is 160 g/mol. The minimum Gasteiger partial charge on any atom is -0.390 e. The molecule has 0 bridgehead atoms. The molecule has 3 unspecified atom stereocenters. The topological polar surface area (TPSA) is 53.0 Å². The maximum absolute atomic E-state index is 9.53. The quantitative estimate of drug-likeness (QED) is 0.565. The number of epoxide rings is 1. The van der Waals surface area contributed by atoms with Crippen LogP contribution in [0.5, 0.6) is 0 Å². The van der Waals surface area contributed by atoms with Gasteiger partial charge in [-0.3, -0.25) is 0 Å². The fourth-order valence-electron chi connectivity index (χ4n) is 0.968. The number of aliphatic hydroxyl groups is 2. The zero-order valence-electron chi connectivity index (χ0n) is 7.24. The molecule has 0 radical (unpaired) electrons. The molecule has 1 aliphatic rings. The Morgan fingerprint density at radius 1 is 1.36 bits per heavy atom. The van der Waals surface area contributed by atoms with E-state index in [0.717, 1.165) is 0 Å². The second-order valence-electron chi connectivity index (χ2n) is 4.17. The van der Waals surface area contributed by atoms with Gasteiger partial charge in [0.25, 0.3) is 0 Å². The van der Waals surface area contributed by atoms with E-state index in [0.29, 0.717) is 6.61 Å². The van der Waals surface area contributed by atoms with E-state index in [4.69, 9.17) is 4.74 Å². The van der Waals surface area contributed by atoms with Crippen molar-refractivity contribution in [3.63, 3.8) is 0 Å². The van der Waals surface area contributed by atoms with Crippen LogP contribution in [-0.4, -0.2) is 35.1 Å². The predicted octanol–water partition coefficient (Wildman–Crippen LogP) is 0.153. The average Bonchev–Trinajstić information content (AvgIpc) is 2.63. The smallest absolute Gasteiger partial charge is 0.109 e. The van der Waals surface area contributed by atoms with Crippen molar-refractivity contribution >= 4 is 0 Å². The predicted molar refractivity (Wildman–Crippen MR) is 41.2 cm³/mol. The molecular formula is C8H16O3. The van der Waals surface area contributed by atoms with Crippen molar-refractivity contribution in [2.24, 2.45) is 5.41 Å². The third-order valence-electron chi connectivity index (χ3n) is 1.95. The minimum absolute atomic E-state index is 0.135. The summed E-state index contributed by atoms with van der Waals surface area (Å²) < 4.78 is 4.88. The van der Waals surface area contributed by atoms with E-state index < -0.39 is 12.2 Å². The third kappa shape index (κ3) is 2.15. The van der Waals surface area contributed by atoms with Crippen LogP contribution in [-0.2, 0) is 4.74 Å². The maximum Gasteiger partial charge on any atom is 0.109 e. The lowest BCUT2D eigenvalue weighted by Gasteiger charge is -2.28. The van der Waals surface area contributed by atoms with Crippen LogP contribution in [0.2, 0.25) is 0 Å². The molecule has 1 aliphatic heterocycles. The van der Waals surface area contributed by atoms with Gasteiger partial charge in [-0.05, 0) is 5.41 Å². The van der Waals surface area contributed by atoms with E-state index >= 15 is 0 Å². The first-order valence-electron chi connectivity index (χ1n) is 3.90. The van der Waals surface area contributed by atoms with Crippen molar-refractivity contribution < 1.29 is 14.9 Å². The van der Waals surface area contributed by atoms with Crippen LogP contribution in [0.25, 0.3) is 0 Å². The molecule has 0 saturated carbocycles. The van der Waals surface area contributed by atoms with E-state index in [-0.39, 0.29) is 11.5 Å². The number of aliphatic hydroxyl groups excluding tert-OH is 2. The van der Waals surface area contributed by atoms with Gasteiger partial charge in [0.1, 0.15) is 12.2 Å². The largest absolute Gasteiger partial charge is 0.390 e. The third-order valence-corrected chi connectivity index (χ3v) is 1.95. The van der Waals surface area contributed by atoms with Gasteiger partial charge in [0.2, 0.25) is 0 Å². The van der Waals surface area contributed by atoms with Crippen molar-refractivity contribution in [2.75, 3.05) is 6.61 Å². The molecule has 1 rings (SSSR count). The van der Waals surface area contributed by atoms with Crippen LogP contribution in [0.1, 0.15) is 20.8 Å². The Labute approximate surface area is 67.0 Å². The van der Waals surface area contributed by atoms with Gasteiger partial charge in [-0.2, -0.15) is 0 Å². The second-order valence-corrected chi connectivity index (χ2v) is 4.17. The molecule has 0 aromatic rings. The summed E-state index contributed by atoms with van der Waals surface area (Å²) in [4.78, 5) is 0. The summed E-state index contributed by atoms with van der Waals surface area (Å²) in [7, 11) is 0. The molecule has 3 heteroatoms. The lowest BCUT2D eigenvalue weighted by molar-refractivity contribution is -0.0548. The zero-order chi connectivity index (χ0) is 8.65. The van der Waals surface area contributed by atoms with Crippen molar-refractivity contribution in [1.29, 1.82) is 0 Å². The normalized spacial score (nSPS) is 29.7. The summed E-state index contributed by atoms with van der Waals surface area (Å²) >= 11 is 0. The van der Waals surface area contributed by atoms with Gasteiger partial charge < -0.3 is 14.9 Å². The van der Waals surface area contributed by atoms with E-state index in [1.54, 1.807) is 0 Å². The number of hydrogen-bond donors (Lipinski definition) is 2. The molecule has 0 aliphatic carbocycles. The lowest BCUT2D eigenvalue weighted by Crippen LogP contribution is -2.40. The highest BCUT2D eigenvalue weighted by molar-refractivity contribution is 4.89. The zero-order valence-corrected chi connectivity index (χ0v) is 7.24. The Hall–Kier alpha value is -0.120. The fraction of sp³-hybridized carbons (Fsp3) is 1.00. The molecule has 2 N–H and O–H groups in total. The minimum atomic E-state index is -0.727. The fourth-order valence-corrected chi connectivity index (χ4v) is 0.968. The molecule has 0 aromatic heterocycles. The van der Waals surface area contributed by atoms with Crippen molar-refractivity contribution in [2.45, 2.75) is 39.1 Å². The Kier molecular flexibility index (Phi) is 2.23. The number of hydrogen-bond acceptors (Lipinski definition) is 3. The maximum atomic E-state index is 9.53. The van der Waals surface area contributed by atoms with Crippen LogP contribution in [0.3, 0.4) is 0 Å². The monoisotopic (exact) mass is 160 g/mol. The van der Waals surface area contributed by atoms with Crippen molar-refractivity contribution in [1.82, 2.24) is 0 Å². The summed E-state index contributed by atoms with van der Waals surface area (Å²) in [5.41, 5.74) is -0.272. The van der Waals surface area contributed by atoms with Gasteiger partial charge in [-0.15, -0.1) is 0 Å². The highest BCUT2D eigenvalue weighted by atomic mass is 16.6. The Morgan fingerprint density at radius 2 is 1.82 bits per heavy atom. The van der Waals surface area contributed by atoms with Crippen molar-refractivity contribution in [3.8, 4) is 0 Å². The molecule has 0 aromatic carbocycles. The number of ether oxygens (including phenoxy) is 1. The van der Waals surface area contributed by atoms with Gasteiger partial charge in [0, 0.05) is 0 Å². The Balaban J connectivity index is 2.45. The molecule has 66 valence electrons. The molecule has 3 nitrogen and oxygen atoms in total. The van der Waals surface area contributed by atoms with E-state index in [2.05, 4.69) is 0 Å². The van der Waals surface area contributed by atoms with Gasteiger partial charge in [-0.1, -0.05) is 20.8 Å². The van der Waals surface area contributed by atoms with E-state index in [9.17, 15) is 10.2 Å². The van der Waals surface area contributed by atoms with Crippen LogP contribution in [0, 0.1) is 5.41 Å². The first kappa shape index (κ1) is 8.97. The van der Waals surface area contributed by atoms with Crippen LogP contribution < -0.4 is 0 Å². The standard InChI is InChI=1S/C8H16O3/c1-8(2,3)7(10)6(9)5-4-11-5/h5-7,9-10H,4H2,1-3H3. The summed E-state index contributed by atoms with van der Waals surface area (Å²) in [5.74, 6) is 0. The Morgan fingerprint density at radius 3 is 2.09 bits per heavy atom. The summed E-state index contributed by atoms with van der Waals surface area (Å²) in [6, 6.07) is 0. The van der Waals surface area contributed by atoms with Gasteiger partial charge in [-0.25, -0.2) is 0 Å². The van der Waals surface area contributed by atoms with Crippen LogP contribution in [0.15, 0.2) is 0 Å². The highest BCUT2D eigenvalue weighted by Gasteiger charge is 2.40. The SMILES string of the molecule is CC(C)(C)C(O)C(O)C1CO1. The Bertz CT molecular complexity index is 135. The van der Waals surface area contributed by atoms with E-state index in [1.807, 2.05) is 20.8 Å². The van der Waals surface area contributed by atoms with Crippen LogP contribution in [0.4, 0.5) is 0 Å². The van der Waals surface area contributed by atoms with Crippen LogP contribution >= 0.6 is 0 Å². The number of rotatable bonds is 2. The van der Waals surface area contributed by atoms with E-state index in [1.165, 1.54) is 0 Å². The molecular weight excluding hydrogens is 144 g/mol. The molecule has 0 spiro atoms. The van der Waals surface area contributed by atoms with Gasteiger partial charge in [0.15, 0.2) is 0 Å². The lowest BCUT2D eigenvalue weighted by atomic mass is 9.85. The summed E-state index contributed by atoms with van der Waals surface area (Å²) in [6.45, 7) is 6.25. The molecule has 3 atom stereocenters. The second kappa shape index (κ2) is 2.73. The molecule has 1 saturated heterocycles. The highest BCUT2D eigenvalue weighted by Crippen LogP contribution is 2.27. The molecule has 11 heavy (non-hydrogen) atoms. The van der Waals surface area contributed by atoms with Gasteiger partial charge >= 0.3 is 0 Å². The first-order chi connectivity index (χ1) is 4.93. The molecule has 1 fully saturated rings. The molecule has 0 amide bonds.